The SMILES string of the molecule is O=C(C[NH+]1CCCCC1)N1c2ccccc2CCc2ccccc21. The number of quaternary nitrogens is 1. The molecule has 2 aliphatic heterocycles. The number of fused-ring (bicyclic) bond motifs is 2. The largest absolute Gasteiger partial charge is 0.327 e. The molecule has 24 heavy (non-hydrogen) atoms. The summed E-state index contributed by atoms with van der Waals surface area (Å²) in [4.78, 5) is 16.7. The van der Waals surface area contributed by atoms with Gasteiger partial charge in [0, 0.05) is 0 Å². The van der Waals surface area contributed by atoms with Crippen LogP contribution in [-0.4, -0.2) is 25.5 Å². The average molecular weight is 321 g/mol. The zero-order valence-electron chi connectivity index (χ0n) is 14.1. The summed E-state index contributed by atoms with van der Waals surface area (Å²) in [7, 11) is 0. The van der Waals surface area contributed by atoms with Crippen molar-refractivity contribution in [2.24, 2.45) is 0 Å². The molecular formula is C21H25N2O+. The molecule has 2 aromatic rings. The number of hydrogen-bond donors (Lipinski definition) is 1. The Hall–Kier alpha value is -2.13. The Balaban J connectivity index is 1.70. The van der Waals surface area contributed by atoms with Crippen LogP contribution in [0.2, 0.25) is 0 Å². The monoisotopic (exact) mass is 321 g/mol. The number of likely N-dealkylation sites (tertiary alicyclic amines) is 1. The lowest BCUT2D eigenvalue weighted by Gasteiger charge is -2.28. The fraction of sp³-hybridized carbons (Fsp3) is 0.381. The molecule has 124 valence electrons. The number of nitrogens with zero attached hydrogens (tertiary/aromatic N) is 1. The van der Waals surface area contributed by atoms with Crippen LogP contribution in [0.5, 0.6) is 0 Å². The summed E-state index contributed by atoms with van der Waals surface area (Å²) in [6.45, 7) is 2.86. The number of amides is 1. The van der Waals surface area contributed by atoms with Gasteiger partial charge < -0.3 is 4.90 Å². The van der Waals surface area contributed by atoms with Gasteiger partial charge in [0.2, 0.25) is 0 Å². The van der Waals surface area contributed by atoms with E-state index in [2.05, 4.69) is 36.4 Å². The van der Waals surface area contributed by atoms with Crippen molar-refractivity contribution in [3.8, 4) is 0 Å². The van der Waals surface area contributed by atoms with E-state index < -0.39 is 0 Å². The molecule has 2 aliphatic rings. The highest BCUT2D eigenvalue weighted by atomic mass is 16.2. The molecule has 1 saturated heterocycles. The first-order valence-corrected chi connectivity index (χ1v) is 9.15. The smallest absolute Gasteiger partial charge is 0.286 e. The van der Waals surface area contributed by atoms with E-state index in [0.29, 0.717) is 6.54 Å². The molecule has 2 heterocycles. The Morgan fingerprint density at radius 1 is 0.833 bits per heavy atom. The number of nitrogens with one attached hydrogen (secondary N) is 1. The quantitative estimate of drug-likeness (QED) is 0.903. The van der Waals surface area contributed by atoms with Crippen LogP contribution < -0.4 is 9.80 Å². The van der Waals surface area contributed by atoms with Crippen LogP contribution in [0, 0.1) is 0 Å². The number of piperidine rings is 1. The average Bonchev–Trinajstić information content (AvgIpc) is 2.79. The van der Waals surface area contributed by atoms with Crippen LogP contribution in [0.1, 0.15) is 30.4 Å². The van der Waals surface area contributed by atoms with E-state index in [1.54, 1.807) is 0 Å². The van der Waals surface area contributed by atoms with Crippen LogP contribution in [0.4, 0.5) is 11.4 Å². The Morgan fingerprint density at radius 2 is 1.38 bits per heavy atom. The van der Waals surface area contributed by atoms with E-state index >= 15 is 0 Å². The minimum absolute atomic E-state index is 0.230. The topological polar surface area (TPSA) is 24.8 Å². The maximum absolute atomic E-state index is 13.2. The van der Waals surface area contributed by atoms with Crippen LogP contribution in [0.15, 0.2) is 48.5 Å². The molecule has 1 N–H and O–H groups in total. The number of hydrogen-bond acceptors (Lipinski definition) is 1. The van der Waals surface area contributed by atoms with Crippen molar-refractivity contribution in [1.82, 2.24) is 0 Å². The number of anilines is 2. The fourth-order valence-corrected chi connectivity index (χ4v) is 4.07. The molecule has 0 radical (unpaired) electrons. The molecule has 1 fully saturated rings. The summed E-state index contributed by atoms with van der Waals surface area (Å²) in [5, 5.41) is 0. The summed E-state index contributed by atoms with van der Waals surface area (Å²) in [6, 6.07) is 16.8. The zero-order valence-corrected chi connectivity index (χ0v) is 14.1. The Bertz CT molecular complexity index is 687. The van der Waals surface area contributed by atoms with Crippen LogP contribution in [0.25, 0.3) is 0 Å². The van der Waals surface area contributed by atoms with Crippen LogP contribution in [0.3, 0.4) is 0 Å². The summed E-state index contributed by atoms with van der Waals surface area (Å²) >= 11 is 0. The molecule has 0 unspecified atom stereocenters. The Kier molecular flexibility index (Phi) is 4.35. The van der Waals surface area contributed by atoms with Crippen molar-refractivity contribution < 1.29 is 9.69 Å². The van der Waals surface area contributed by atoms with E-state index in [4.69, 9.17) is 0 Å². The van der Waals surface area contributed by atoms with Crippen molar-refractivity contribution >= 4 is 17.3 Å². The standard InChI is InChI=1S/C21H24N2O/c24-21(16-22-14-6-1-7-15-22)23-19-10-4-2-8-17(19)12-13-18-9-3-5-11-20(18)23/h2-5,8-11H,1,6-7,12-16H2/p+1. The first kappa shape index (κ1) is 15.4. The third-order valence-electron chi connectivity index (χ3n) is 5.34. The molecule has 4 rings (SSSR count). The molecular weight excluding hydrogens is 296 g/mol. The summed E-state index contributed by atoms with van der Waals surface area (Å²) < 4.78 is 0. The molecule has 0 bridgehead atoms. The second kappa shape index (κ2) is 6.78. The van der Waals surface area contributed by atoms with Gasteiger partial charge in [-0.25, -0.2) is 0 Å². The number of carbonyl (C=O) groups excluding carboxylic acids is 1. The number of benzene rings is 2. The second-order valence-electron chi connectivity index (χ2n) is 6.97. The van der Waals surface area contributed by atoms with Gasteiger partial charge in [-0.05, 0) is 55.4 Å². The molecule has 0 spiro atoms. The van der Waals surface area contributed by atoms with Crippen molar-refractivity contribution in [2.75, 3.05) is 24.5 Å². The van der Waals surface area contributed by atoms with Gasteiger partial charge in [-0.1, -0.05) is 36.4 Å². The maximum atomic E-state index is 13.2. The number of para-hydroxylation sites is 2. The highest BCUT2D eigenvalue weighted by Gasteiger charge is 2.28. The molecule has 0 saturated carbocycles. The molecule has 0 aliphatic carbocycles. The van der Waals surface area contributed by atoms with Gasteiger partial charge in [0.25, 0.3) is 5.91 Å². The van der Waals surface area contributed by atoms with Gasteiger partial charge in [-0.15, -0.1) is 0 Å². The summed E-state index contributed by atoms with van der Waals surface area (Å²) in [5.74, 6) is 0.230. The molecule has 1 amide bonds. The van der Waals surface area contributed by atoms with E-state index in [-0.39, 0.29) is 5.91 Å². The number of rotatable bonds is 2. The van der Waals surface area contributed by atoms with E-state index in [0.717, 1.165) is 37.3 Å². The normalized spacial score (nSPS) is 17.8. The predicted octanol–water partition coefficient (Wildman–Crippen LogP) is 2.52. The Labute approximate surface area is 143 Å². The van der Waals surface area contributed by atoms with Gasteiger partial charge >= 0.3 is 0 Å². The first-order valence-electron chi connectivity index (χ1n) is 9.15. The first-order chi connectivity index (χ1) is 11.8. The molecule has 3 heteroatoms. The maximum Gasteiger partial charge on any atom is 0.286 e. The van der Waals surface area contributed by atoms with Gasteiger partial charge in [-0.2, -0.15) is 0 Å². The summed E-state index contributed by atoms with van der Waals surface area (Å²) in [5.41, 5.74) is 4.69. The van der Waals surface area contributed by atoms with Gasteiger partial charge in [0.05, 0.1) is 24.5 Å². The van der Waals surface area contributed by atoms with Gasteiger partial charge in [0.15, 0.2) is 6.54 Å². The van der Waals surface area contributed by atoms with E-state index in [9.17, 15) is 4.79 Å². The van der Waals surface area contributed by atoms with Crippen molar-refractivity contribution in [1.29, 1.82) is 0 Å². The van der Waals surface area contributed by atoms with Crippen molar-refractivity contribution in [3.05, 3.63) is 59.7 Å². The lowest BCUT2D eigenvalue weighted by Crippen LogP contribution is -3.13. The van der Waals surface area contributed by atoms with E-state index in [1.165, 1.54) is 35.3 Å². The predicted molar refractivity (Wildman–Crippen MR) is 96.9 cm³/mol. The highest BCUT2D eigenvalue weighted by Crippen LogP contribution is 2.35. The lowest BCUT2D eigenvalue weighted by molar-refractivity contribution is -0.896. The molecule has 0 aromatic heterocycles. The second-order valence-corrected chi connectivity index (χ2v) is 6.97. The third kappa shape index (κ3) is 2.96. The van der Waals surface area contributed by atoms with Crippen LogP contribution in [-0.2, 0) is 17.6 Å². The molecule has 2 aromatic carbocycles. The number of carbonyl (C=O) groups is 1. The highest BCUT2D eigenvalue weighted by molar-refractivity contribution is 6.02. The zero-order chi connectivity index (χ0) is 16.4. The lowest BCUT2D eigenvalue weighted by atomic mass is 10.0. The summed E-state index contributed by atoms with van der Waals surface area (Å²) in [6.07, 6.45) is 5.79. The Morgan fingerprint density at radius 3 is 1.96 bits per heavy atom. The third-order valence-corrected chi connectivity index (χ3v) is 5.34. The van der Waals surface area contributed by atoms with Gasteiger partial charge in [0.1, 0.15) is 0 Å². The van der Waals surface area contributed by atoms with E-state index in [1.807, 2.05) is 17.0 Å². The van der Waals surface area contributed by atoms with Crippen LogP contribution >= 0.6 is 0 Å². The van der Waals surface area contributed by atoms with Crippen molar-refractivity contribution in [3.63, 3.8) is 0 Å². The minimum Gasteiger partial charge on any atom is -0.327 e. The molecule has 3 nitrogen and oxygen atoms in total. The molecule has 0 atom stereocenters. The minimum atomic E-state index is 0.230. The van der Waals surface area contributed by atoms with Gasteiger partial charge in [-0.3, -0.25) is 9.69 Å². The van der Waals surface area contributed by atoms with Crippen molar-refractivity contribution in [2.45, 2.75) is 32.1 Å². The fourth-order valence-electron chi connectivity index (χ4n) is 4.07. The number of aryl methyl sites for hydroxylation is 2.